The van der Waals surface area contributed by atoms with Crippen LogP contribution in [-0.2, 0) is 0 Å². The van der Waals surface area contributed by atoms with Crippen molar-refractivity contribution in [2.24, 2.45) is 0 Å². The molecule has 1 unspecified atom stereocenters. The molecule has 106 valence electrons. The van der Waals surface area contributed by atoms with Gasteiger partial charge in [-0.1, -0.05) is 20.3 Å². The summed E-state index contributed by atoms with van der Waals surface area (Å²) in [6, 6.07) is 0.398. The maximum absolute atomic E-state index is 6.00. The van der Waals surface area contributed by atoms with Crippen LogP contribution in [0.1, 0.15) is 46.0 Å². The zero-order chi connectivity index (χ0) is 13.7. The Bertz CT molecular complexity index is 406. The number of halogens is 1. The molecule has 6 heteroatoms. The maximum atomic E-state index is 6.00. The zero-order valence-electron chi connectivity index (χ0n) is 11.7. The Morgan fingerprint density at radius 1 is 1.21 bits per heavy atom. The molecule has 1 fully saturated rings. The molecule has 1 aromatic rings. The van der Waals surface area contributed by atoms with Crippen LogP contribution in [0.25, 0.3) is 0 Å². The monoisotopic (exact) mass is 283 g/mol. The van der Waals surface area contributed by atoms with Gasteiger partial charge in [0.2, 0.25) is 17.2 Å². The van der Waals surface area contributed by atoms with E-state index in [1.165, 1.54) is 12.8 Å². The summed E-state index contributed by atoms with van der Waals surface area (Å²) in [5.74, 6) is 1.30. The van der Waals surface area contributed by atoms with Gasteiger partial charge in [0.05, 0.1) is 0 Å². The van der Waals surface area contributed by atoms with Crippen molar-refractivity contribution in [1.29, 1.82) is 0 Å². The second-order valence-corrected chi connectivity index (χ2v) is 5.30. The molecular weight excluding hydrogens is 262 g/mol. The third kappa shape index (κ3) is 3.93. The van der Waals surface area contributed by atoms with Crippen LogP contribution in [0.2, 0.25) is 5.28 Å². The highest BCUT2D eigenvalue weighted by Crippen LogP contribution is 2.19. The predicted molar refractivity (Wildman–Crippen MR) is 78.9 cm³/mol. The highest BCUT2D eigenvalue weighted by atomic mass is 35.5. The number of hydrogen-bond acceptors (Lipinski definition) is 5. The lowest BCUT2D eigenvalue weighted by molar-refractivity contribution is 0.617. The number of rotatable bonds is 6. The molecule has 5 nitrogen and oxygen atoms in total. The molecule has 19 heavy (non-hydrogen) atoms. The van der Waals surface area contributed by atoms with Crippen molar-refractivity contribution in [1.82, 2.24) is 15.0 Å². The van der Waals surface area contributed by atoms with Crippen molar-refractivity contribution in [2.75, 3.05) is 23.3 Å². The van der Waals surface area contributed by atoms with Gasteiger partial charge in [0, 0.05) is 19.1 Å². The van der Waals surface area contributed by atoms with E-state index < -0.39 is 0 Å². The number of nitrogens with zero attached hydrogens (tertiary/aromatic N) is 4. The van der Waals surface area contributed by atoms with Gasteiger partial charge in [0.15, 0.2) is 0 Å². The Balaban J connectivity index is 2.11. The minimum absolute atomic E-state index is 0.269. The second kappa shape index (κ2) is 6.89. The van der Waals surface area contributed by atoms with Gasteiger partial charge in [0.25, 0.3) is 0 Å². The van der Waals surface area contributed by atoms with Gasteiger partial charge in [-0.25, -0.2) is 0 Å². The van der Waals surface area contributed by atoms with Crippen molar-refractivity contribution < 1.29 is 0 Å². The van der Waals surface area contributed by atoms with Crippen LogP contribution in [0.15, 0.2) is 0 Å². The van der Waals surface area contributed by atoms with Gasteiger partial charge in [-0.2, -0.15) is 15.0 Å². The van der Waals surface area contributed by atoms with Gasteiger partial charge >= 0.3 is 0 Å². The average Bonchev–Trinajstić information content (AvgIpc) is 2.91. The maximum Gasteiger partial charge on any atom is 0.231 e. The molecule has 1 aliphatic rings. The van der Waals surface area contributed by atoms with Crippen LogP contribution in [0.4, 0.5) is 11.9 Å². The Labute approximate surface area is 119 Å². The normalized spacial score (nSPS) is 16.7. The molecule has 1 N–H and O–H groups in total. The van der Waals surface area contributed by atoms with Crippen LogP contribution in [0, 0.1) is 0 Å². The molecule has 2 rings (SSSR count). The van der Waals surface area contributed by atoms with Gasteiger partial charge in [0.1, 0.15) is 0 Å². The van der Waals surface area contributed by atoms with E-state index in [1.54, 1.807) is 0 Å². The molecule has 0 spiro atoms. The average molecular weight is 284 g/mol. The van der Waals surface area contributed by atoms with Crippen molar-refractivity contribution in [3.8, 4) is 0 Å². The van der Waals surface area contributed by atoms with Crippen molar-refractivity contribution >= 4 is 23.5 Å². The highest BCUT2D eigenvalue weighted by molar-refractivity contribution is 6.28. The topological polar surface area (TPSA) is 53.9 Å². The van der Waals surface area contributed by atoms with E-state index in [0.717, 1.165) is 32.4 Å². The lowest BCUT2D eigenvalue weighted by Gasteiger charge is -2.19. The number of aromatic nitrogens is 3. The summed E-state index contributed by atoms with van der Waals surface area (Å²) in [4.78, 5) is 15.1. The summed E-state index contributed by atoms with van der Waals surface area (Å²) in [6.07, 6.45) is 5.69. The van der Waals surface area contributed by atoms with Crippen LogP contribution < -0.4 is 10.2 Å². The minimum Gasteiger partial charge on any atom is -0.351 e. The number of nitrogens with one attached hydrogen (secondary N) is 1. The molecule has 1 aromatic heterocycles. The summed E-state index contributed by atoms with van der Waals surface area (Å²) in [6.45, 7) is 6.36. The molecule has 0 saturated carbocycles. The fourth-order valence-corrected chi connectivity index (χ4v) is 2.53. The fraction of sp³-hybridized carbons (Fsp3) is 0.769. The molecule has 0 bridgehead atoms. The standard InChI is InChI=1S/C13H22ClN5/c1-3-7-10(4-2)15-12-16-11(14)17-13(18-12)19-8-5-6-9-19/h10H,3-9H2,1-2H3,(H,15,16,17,18). The predicted octanol–water partition coefficient (Wildman–Crippen LogP) is 3.12. The second-order valence-electron chi connectivity index (χ2n) is 4.96. The first-order valence-electron chi connectivity index (χ1n) is 7.16. The summed E-state index contributed by atoms with van der Waals surface area (Å²) < 4.78 is 0. The first-order valence-corrected chi connectivity index (χ1v) is 7.53. The van der Waals surface area contributed by atoms with E-state index in [0.29, 0.717) is 17.9 Å². The SMILES string of the molecule is CCCC(CC)Nc1nc(Cl)nc(N2CCCC2)n1. The zero-order valence-corrected chi connectivity index (χ0v) is 12.4. The van der Waals surface area contributed by atoms with E-state index >= 15 is 0 Å². The molecule has 0 radical (unpaired) electrons. The fourth-order valence-electron chi connectivity index (χ4n) is 2.37. The summed E-state index contributed by atoms with van der Waals surface area (Å²) in [5.41, 5.74) is 0. The highest BCUT2D eigenvalue weighted by Gasteiger charge is 2.17. The van der Waals surface area contributed by atoms with Crippen molar-refractivity contribution in [3.63, 3.8) is 0 Å². The molecule has 0 aromatic carbocycles. The third-order valence-corrected chi connectivity index (χ3v) is 3.62. The van der Waals surface area contributed by atoms with Gasteiger partial charge in [-0.05, 0) is 37.3 Å². The molecule has 1 atom stereocenters. The van der Waals surface area contributed by atoms with E-state index in [1.807, 2.05) is 0 Å². The van der Waals surface area contributed by atoms with E-state index in [9.17, 15) is 0 Å². The quantitative estimate of drug-likeness (QED) is 0.869. The van der Waals surface area contributed by atoms with Crippen LogP contribution in [0.3, 0.4) is 0 Å². The molecule has 0 amide bonds. The molecular formula is C13H22ClN5. The van der Waals surface area contributed by atoms with Gasteiger partial charge in [-0.3, -0.25) is 0 Å². The van der Waals surface area contributed by atoms with E-state index in [2.05, 4.69) is 39.0 Å². The number of anilines is 2. The van der Waals surface area contributed by atoms with Crippen LogP contribution in [0.5, 0.6) is 0 Å². The largest absolute Gasteiger partial charge is 0.351 e. The van der Waals surface area contributed by atoms with Crippen LogP contribution >= 0.6 is 11.6 Å². The molecule has 1 saturated heterocycles. The van der Waals surface area contributed by atoms with Crippen molar-refractivity contribution in [3.05, 3.63) is 5.28 Å². The van der Waals surface area contributed by atoms with Gasteiger partial charge in [-0.15, -0.1) is 0 Å². The van der Waals surface area contributed by atoms with E-state index in [4.69, 9.17) is 11.6 Å². The Kier molecular flexibility index (Phi) is 5.19. The van der Waals surface area contributed by atoms with Crippen molar-refractivity contribution in [2.45, 2.75) is 52.0 Å². The Morgan fingerprint density at radius 2 is 1.95 bits per heavy atom. The summed E-state index contributed by atoms with van der Waals surface area (Å²) >= 11 is 6.00. The smallest absolute Gasteiger partial charge is 0.231 e. The molecule has 0 aliphatic carbocycles. The van der Waals surface area contributed by atoms with Gasteiger partial charge < -0.3 is 10.2 Å². The molecule has 2 heterocycles. The third-order valence-electron chi connectivity index (χ3n) is 3.45. The first-order chi connectivity index (χ1) is 9.22. The lowest BCUT2D eigenvalue weighted by Crippen LogP contribution is -2.24. The minimum atomic E-state index is 0.269. The molecule has 1 aliphatic heterocycles. The number of hydrogen-bond donors (Lipinski definition) is 1. The van der Waals surface area contributed by atoms with E-state index in [-0.39, 0.29) is 5.28 Å². The first kappa shape index (κ1) is 14.3. The van der Waals surface area contributed by atoms with Crippen LogP contribution in [-0.4, -0.2) is 34.1 Å². The Hall–Kier alpha value is -1.10. The summed E-state index contributed by atoms with van der Waals surface area (Å²) in [7, 11) is 0. The summed E-state index contributed by atoms with van der Waals surface area (Å²) in [5, 5.41) is 3.63. The lowest BCUT2D eigenvalue weighted by atomic mass is 10.1. The Morgan fingerprint density at radius 3 is 2.58 bits per heavy atom.